The fraction of sp³-hybridized carbons (Fsp3) is 0.853. The van der Waals surface area contributed by atoms with E-state index in [1.807, 2.05) is 0 Å². The summed E-state index contributed by atoms with van der Waals surface area (Å²) in [6, 6.07) is -2.86. The summed E-state index contributed by atoms with van der Waals surface area (Å²) in [6.45, 7) is 10.6. The molecule has 700 valence electrons. The molecule has 0 aliphatic carbocycles. The van der Waals surface area contributed by atoms with Gasteiger partial charge in [-0.2, -0.15) is 9.78 Å². The number of aliphatic hydroxyl groups excluding tert-OH is 6. The molecule has 0 spiro atoms. The van der Waals surface area contributed by atoms with Crippen LogP contribution in [0.3, 0.4) is 0 Å². The third-order valence-corrected chi connectivity index (χ3v) is 20.2. The highest BCUT2D eigenvalue weighted by Crippen LogP contribution is 2.40. The molecule has 6 saturated heterocycles. The lowest BCUT2D eigenvalue weighted by atomic mass is 9.88. The topological polar surface area (TPSA) is 588 Å². The number of nitrogens with two attached hydrogens (primary N) is 1. The number of fused-ring (bicyclic) bond motifs is 6. The minimum absolute atomic E-state index is 0.0148. The van der Waals surface area contributed by atoms with Gasteiger partial charge in [0.1, 0.15) is 95.2 Å². The lowest BCUT2D eigenvalue weighted by Crippen LogP contribution is -2.66. The van der Waals surface area contributed by atoms with Gasteiger partial charge in [-0.05, 0) is 32.2 Å². The number of aliphatic hydroxyl groups is 6. The second-order valence-corrected chi connectivity index (χ2v) is 30.3. The third-order valence-electron chi connectivity index (χ3n) is 20.2. The molecule has 48 heteroatoms. The molecule has 6 aliphatic rings. The maximum Gasteiger partial charge on any atom is 0.256 e. The monoisotopic (exact) mass is 1770 g/mol. The van der Waals surface area contributed by atoms with E-state index in [1.54, 1.807) is 32.6 Å². The number of unbranched alkanes of at least 4 members (excludes halogenated alkanes) is 4. The van der Waals surface area contributed by atoms with E-state index >= 15 is 0 Å². The number of hydrogen-bond acceptors (Lipinski definition) is 40. The van der Waals surface area contributed by atoms with Crippen molar-refractivity contribution in [2.75, 3.05) is 205 Å². The number of amides is 5. The molecule has 9 rings (SSSR count). The Balaban J connectivity index is 0.695. The Bertz CT molecular complexity index is 3200. The first kappa shape index (κ1) is 100. The van der Waals surface area contributed by atoms with Gasteiger partial charge in [0.25, 0.3) is 5.79 Å². The van der Waals surface area contributed by atoms with Crippen LogP contribution in [0.4, 0.5) is 0 Å². The molecule has 123 heavy (non-hydrogen) atoms. The Hall–Kier alpha value is -6.39. The molecule has 6 bridgehead atoms. The largest absolute Gasteiger partial charge is 0.388 e. The normalized spacial score (nSPS) is 26.3. The quantitative estimate of drug-likeness (QED) is 0.0185. The van der Waals surface area contributed by atoms with E-state index in [0.29, 0.717) is 128 Å². The molecule has 6 fully saturated rings. The second-order valence-electron chi connectivity index (χ2n) is 30.3. The molecule has 6 aliphatic heterocycles. The van der Waals surface area contributed by atoms with Crippen LogP contribution in [0.5, 0.6) is 0 Å². The molecule has 0 aromatic carbocycles. The van der Waals surface area contributed by atoms with Gasteiger partial charge in [-0.15, -0.1) is 15.3 Å². The van der Waals surface area contributed by atoms with E-state index in [1.165, 1.54) is 20.8 Å². The lowest BCUT2D eigenvalue weighted by Gasteiger charge is -2.42. The van der Waals surface area contributed by atoms with Crippen molar-refractivity contribution in [2.24, 2.45) is 5.73 Å². The summed E-state index contributed by atoms with van der Waals surface area (Å²) >= 11 is 0. The number of carbonyl (C=O) groups excluding carboxylic acids is 5. The maximum atomic E-state index is 14.2. The van der Waals surface area contributed by atoms with Gasteiger partial charge in [-0.25, -0.2) is 14.0 Å². The first-order valence-electron chi connectivity index (χ1n) is 41.8. The molecule has 0 saturated carbocycles. The molecular weight excluding hydrogens is 1640 g/mol. The fourth-order valence-corrected chi connectivity index (χ4v) is 13.8. The van der Waals surface area contributed by atoms with Crippen molar-refractivity contribution in [3.63, 3.8) is 0 Å². The van der Waals surface area contributed by atoms with Crippen LogP contribution in [0.2, 0.25) is 0 Å². The molecule has 0 radical (unpaired) electrons. The van der Waals surface area contributed by atoms with Gasteiger partial charge < -0.3 is 158 Å². The van der Waals surface area contributed by atoms with Crippen molar-refractivity contribution in [2.45, 2.75) is 208 Å². The lowest BCUT2D eigenvalue weighted by molar-refractivity contribution is -0.358. The van der Waals surface area contributed by atoms with Gasteiger partial charge in [0.2, 0.25) is 35.8 Å². The van der Waals surface area contributed by atoms with Crippen molar-refractivity contribution in [3.8, 4) is 0 Å². The summed E-state index contributed by atoms with van der Waals surface area (Å²) in [5, 5.41) is 103. The van der Waals surface area contributed by atoms with Crippen LogP contribution in [0.1, 0.15) is 89.2 Å². The van der Waals surface area contributed by atoms with Crippen LogP contribution < -0.4 is 32.3 Å². The van der Waals surface area contributed by atoms with Crippen LogP contribution in [-0.4, -0.2) is 406 Å². The van der Waals surface area contributed by atoms with E-state index in [9.17, 15) is 54.6 Å². The van der Waals surface area contributed by atoms with Crippen LogP contribution >= 0.6 is 0 Å². The first-order valence-corrected chi connectivity index (χ1v) is 41.8. The van der Waals surface area contributed by atoms with Gasteiger partial charge in [0, 0.05) is 40.2 Å². The molecule has 1 unspecified atom stereocenters. The maximum absolute atomic E-state index is 14.2. The van der Waals surface area contributed by atoms with Gasteiger partial charge in [-0.1, -0.05) is 28.5 Å². The number of ether oxygens (including phenoxy) is 20. The van der Waals surface area contributed by atoms with Crippen molar-refractivity contribution >= 4 is 29.5 Å². The summed E-state index contributed by atoms with van der Waals surface area (Å²) in [4.78, 5) is 71.6. The highest BCUT2D eigenvalue weighted by atomic mass is 17.3. The van der Waals surface area contributed by atoms with Gasteiger partial charge >= 0.3 is 0 Å². The number of nitrogens with zero attached hydrogens (tertiary/aromatic N) is 9. The smallest absolute Gasteiger partial charge is 0.256 e. The molecule has 5 amide bonds. The van der Waals surface area contributed by atoms with E-state index in [2.05, 4.69) is 57.5 Å². The summed E-state index contributed by atoms with van der Waals surface area (Å²) in [5.74, 6) is -3.32. The Kier molecular flexibility index (Phi) is 44.1. The average molecular weight is 1770 g/mol. The van der Waals surface area contributed by atoms with Crippen molar-refractivity contribution in [1.82, 2.24) is 71.6 Å². The number of nitrogens with one attached hydrogen (secondary N) is 5. The predicted octanol–water partition coefficient (Wildman–Crippen LogP) is -6.39. The molecule has 48 nitrogen and oxygen atoms in total. The molecule has 3 aromatic rings. The minimum Gasteiger partial charge on any atom is -0.388 e. The fourth-order valence-electron chi connectivity index (χ4n) is 13.8. The Morgan fingerprint density at radius 3 is 1.17 bits per heavy atom. The third kappa shape index (κ3) is 33.3. The molecule has 3 aromatic heterocycles. The number of aromatic nitrogens is 9. The van der Waals surface area contributed by atoms with E-state index < -0.39 is 114 Å². The summed E-state index contributed by atoms with van der Waals surface area (Å²) in [6.07, 6.45) is -1.16. The highest BCUT2D eigenvalue weighted by molar-refractivity contribution is 5.77. The zero-order chi connectivity index (χ0) is 87.6. The van der Waals surface area contributed by atoms with Gasteiger partial charge in [0.05, 0.1) is 243 Å². The van der Waals surface area contributed by atoms with Crippen molar-refractivity contribution in [1.29, 1.82) is 0 Å². The molecular formula is C75H127N15O33. The number of hydrogen-bond donors (Lipinski definition) is 12. The second kappa shape index (κ2) is 54.1. The molecule has 16 atom stereocenters. The van der Waals surface area contributed by atoms with Crippen LogP contribution in [0.15, 0.2) is 18.6 Å². The van der Waals surface area contributed by atoms with E-state index in [-0.39, 0.29) is 177 Å². The van der Waals surface area contributed by atoms with Gasteiger partial charge in [0.15, 0.2) is 12.6 Å². The Morgan fingerprint density at radius 1 is 0.431 bits per heavy atom. The Morgan fingerprint density at radius 2 is 0.780 bits per heavy atom. The van der Waals surface area contributed by atoms with Crippen molar-refractivity contribution in [3.05, 3.63) is 35.7 Å². The molecule has 9 heterocycles. The zero-order valence-electron chi connectivity index (χ0n) is 70.3. The predicted molar refractivity (Wildman–Crippen MR) is 414 cm³/mol. The first-order chi connectivity index (χ1) is 59.6. The highest BCUT2D eigenvalue weighted by Gasteiger charge is 2.63. The zero-order valence-corrected chi connectivity index (χ0v) is 70.3. The summed E-state index contributed by atoms with van der Waals surface area (Å²) in [7, 11) is 0. The average Bonchev–Trinajstić information content (AvgIpc) is 1.62. The van der Waals surface area contributed by atoms with Crippen LogP contribution in [0.25, 0.3) is 0 Å². The Labute approximate surface area is 711 Å². The standard InChI is InChI=1S/C75H127N15O33/c1-52(91)78-60-63(96)66(99)73(49-117-69(60)119-73)47-111-35-32-108-29-26-105-23-20-102-17-14-88-38-55(82-85-88)41-114-44-72(81-59(95)11-7-5-9-13-77-58(94)10-6-4-8-12-76,45-115-42-56-39-89(86-83-56)15-18-103-21-24-106-27-30-109-33-36-112-48-74-50-118-70(120-74)61(79-53(2)92)64(97)67(74)100)46-116-43-57-40-90(87-84-57)16-19-104-22-25-107-28-31-110-34-37-113-51-75-68(101)65(98)62(80-54(3)93)71(121-75)122-123-75/h38-40,60-71,96-101H,4-37,41-51,76H2,1-3H3,(H,77,94)(H,78,91)(H,79,92)(H,80,93)(H,81,95)/t60-,61-,62-,63-,64-,65-,66-,67-,68-,69-,70+,71-,72?,73+,74+,75+/m1/s1. The van der Waals surface area contributed by atoms with E-state index in [0.717, 1.165) is 19.3 Å². The summed E-state index contributed by atoms with van der Waals surface area (Å²) < 4.78 is 121. The van der Waals surface area contributed by atoms with Crippen LogP contribution in [0, 0.1) is 0 Å². The van der Waals surface area contributed by atoms with Gasteiger partial charge in [-0.3, -0.25) is 24.0 Å². The van der Waals surface area contributed by atoms with E-state index in [4.69, 9.17) is 110 Å². The van der Waals surface area contributed by atoms with Crippen molar-refractivity contribution < 1.29 is 159 Å². The number of carbonyl (C=O) groups is 5. The minimum atomic E-state index is -1.77. The summed E-state index contributed by atoms with van der Waals surface area (Å²) in [5.41, 5.74) is 3.23. The SMILES string of the molecule is CC(=O)N[C@H]1[C@@H]2OC[C@](COCCOCCOCCOCCn3cc(COCC(COCc4cn(CCOCCOCCOCCOC[C@@]56CO[C@@H](O5)[C@H](NC(C)=O)[C@@H](O)[C@H]6O)nn4)(COCc4cn(CCOCCOCCOCCOC[C@@]56OO[C@@H](O5)[C@H](NC(C)=O)[C@@H](O)[C@H]6O)nn4)NC(=O)CCCCCNC(=O)CCCCCN)nn3)(O2)[C@H](O)[C@@H]1O. The number of rotatable bonds is 69. The van der Waals surface area contributed by atoms with Crippen LogP contribution in [-0.2, 0) is 168 Å². The molecule has 13 N–H and O–H groups in total.